The Morgan fingerprint density at radius 1 is 0.956 bits per heavy atom. The third-order valence-electron chi connectivity index (χ3n) is 8.91. The number of aliphatic hydroxyl groups excluding tert-OH is 1. The maximum atomic E-state index is 11.7. The number of fused-ring (bicyclic) bond motifs is 4. The van der Waals surface area contributed by atoms with Crippen molar-refractivity contribution in [1.82, 2.24) is 9.97 Å². The summed E-state index contributed by atoms with van der Waals surface area (Å²) in [5.74, 6) is 1.49. The quantitative estimate of drug-likeness (QED) is 0.0547. The van der Waals surface area contributed by atoms with Gasteiger partial charge in [-0.15, -0.1) is 23.6 Å². The first-order valence-corrected chi connectivity index (χ1v) is 16.1. The third kappa shape index (κ3) is 6.78. The van der Waals surface area contributed by atoms with Crippen LogP contribution < -0.4 is 0 Å². The number of aliphatic hydroxyl groups is 1. The number of carbonyl (C=O) groups excluding carboxylic acids is 1. The van der Waals surface area contributed by atoms with Crippen LogP contribution in [0.15, 0.2) is 59.0 Å². The number of furan rings is 1. The largest absolute Gasteiger partial charge is 0.512 e. The van der Waals surface area contributed by atoms with Gasteiger partial charge in [-0.1, -0.05) is 82.8 Å². The second kappa shape index (κ2) is 14.0. The van der Waals surface area contributed by atoms with Gasteiger partial charge in [0.15, 0.2) is 5.78 Å². The van der Waals surface area contributed by atoms with Gasteiger partial charge in [0.25, 0.3) is 0 Å². The summed E-state index contributed by atoms with van der Waals surface area (Å²) in [4.78, 5) is 21.0. The zero-order valence-corrected chi connectivity index (χ0v) is 30.2. The van der Waals surface area contributed by atoms with Gasteiger partial charge in [-0.2, -0.15) is 0 Å². The average molecular weight is 782 g/mol. The number of aromatic nitrogens is 2. The van der Waals surface area contributed by atoms with Crippen LogP contribution in [0.1, 0.15) is 85.5 Å². The number of carbonyl (C=O) groups is 1. The Morgan fingerprint density at radius 3 is 2.27 bits per heavy atom. The average Bonchev–Trinajstić information content (AvgIpc) is 3.34. The molecule has 1 radical (unpaired) electrons. The minimum Gasteiger partial charge on any atom is -0.512 e. The summed E-state index contributed by atoms with van der Waals surface area (Å²) >= 11 is 0. The number of nitrogens with zero attached hydrogens (tertiary/aromatic N) is 2. The molecular weight excluding hydrogens is 737 g/mol. The Bertz CT molecular complexity index is 1970. The van der Waals surface area contributed by atoms with E-state index in [-0.39, 0.29) is 48.9 Å². The maximum absolute atomic E-state index is 11.7. The first-order chi connectivity index (χ1) is 21.0. The molecule has 2 aromatic heterocycles. The topological polar surface area (TPSA) is 76.2 Å². The second-order valence-corrected chi connectivity index (χ2v) is 13.3. The van der Waals surface area contributed by atoms with E-state index in [2.05, 4.69) is 75.1 Å². The molecule has 0 bridgehead atoms. The smallest absolute Gasteiger partial charge is 0.162 e. The summed E-state index contributed by atoms with van der Waals surface area (Å²) in [7, 11) is 0. The molecule has 2 heterocycles. The second-order valence-electron chi connectivity index (χ2n) is 13.3. The molecule has 4 aromatic carbocycles. The number of benzene rings is 4. The minimum absolute atomic E-state index is 0. The maximum Gasteiger partial charge on any atom is 0.162 e. The van der Waals surface area contributed by atoms with Crippen molar-refractivity contribution in [1.29, 1.82) is 0 Å². The number of rotatable bonds is 8. The first-order valence-electron chi connectivity index (χ1n) is 16.1. The van der Waals surface area contributed by atoms with Gasteiger partial charge in [0, 0.05) is 54.3 Å². The van der Waals surface area contributed by atoms with E-state index in [1.54, 1.807) is 6.33 Å². The van der Waals surface area contributed by atoms with E-state index in [9.17, 15) is 9.90 Å². The van der Waals surface area contributed by atoms with Gasteiger partial charge in [0.1, 0.15) is 17.7 Å². The molecule has 0 unspecified atom stereocenters. The predicted molar refractivity (Wildman–Crippen MR) is 184 cm³/mol. The van der Waals surface area contributed by atoms with Crippen molar-refractivity contribution < 1.29 is 34.4 Å². The standard InChI is InChI=1S/C26H21N2O.C13H24O2.Ir/c1-14-21-18-9-15-7-5-6-8-16(15)10-19(18)24-22-20(27-13-28-24)11-17(12-26(2,3)4)25(29-14)23(21)22;1-5-10(6-2)12(14)9-13(15)11(7-3)8-4;/h5-9,11,13H,12H2,1-4H3;9-11,14H,5-8H2,1-4H3;/q-1;;/b;12-9-;. The van der Waals surface area contributed by atoms with Crippen molar-refractivity contribution in [3.8, 4) is 0 Å². The van der Waals surface area contributed by atoms with Crippen molar-refractivity contribution in [2.45, 2.75) is 87.5 Å². The fraction of sp³-hybridized carbons (Fsp3) is 0.410. The van der Waals surface area contributed by atoms with E-state index < -0.39 is 0 Å². The van der Waals surface area contributed by atoms with Gasteiger partial charge in [-0.3, -0.25) is 9.78 Å². The summed E-state index contributed by atoms with van der Waals surface area (Å²) in [6.45, 7) is 16.9. The normalized spacial score (nSPS) is 12.5. The Hall–Kier alpha value is -3.34. The zero-order valence-electron chi connectivity index (χ0n) is 27.8. The van der Waals surface area contributed by atoms with E-state index >= 15 is 0 Å². The monoisotopic (exact) mass is 782 g/mol. The van der Waals surface area contributed by atoms with Crippen LogP contribution in [0.25, 0.3) is 54.3 Å². The van der Waals surface area contributed by atoms with E-state index in [4.69, 9.17) is 9.40 Å². The molecule has 0 amide bonds. The van der Waals surface area contributed by atoms with Crippen molar-refractivity contribution >= 4 is 60.1 Å². The number of aryl methyl sites for hydroxylation is 1. The van der Waals surface area contributed by atoms with E-state index in [0.717, 1.165) is 81.4 Å². The molecule has 0 fully saturated rings. The molecule has 0 saturated carbocycles. The first kappa shape index (κ1) is 34.5. The molecule has 0 spiro atoms. The molecular formula is C39H45IrN2O3-. The molecule has 5 nitrogen and oxygen atoms in total. The zero-order chi connectivity index (χ0) is 31.8. The Labute approximate surface area is 280 Å². The van der Waals surface area contributed by atoms with Gasteiger partial charge < -0.3 is 9.52 Å². The van der Waals surface area contributed by atoms with Gasteiger partial charge in [0.05, 0.1) is 11.3 Å². The predicted octanol–water partition coefficient (Wildman–Crippen LogP) is 10.8. The summed E-state index contributed by atoms with van der Waals surface area (Å²) in [6.07, 6.45) is 7.51. The summed E-state index contributed by atoms with van der Waals surface area (Å²) in [5, 5.41) is 17.6. The van der Waals surface area contributed by atoms with Crippen molar-refractivity contribution in [2.75, 3.05) is 0 Å². The molecule has 1 N–H and O–H groups in total. The van der Waals surface area contributed by atoms with Crippen LogP contribution >= 0.6 is 0 Å². The van der Waals surface area contributed by atoms with Crippen molar-refractivity contribution in [3.63, 3.8) is 0 Å². The van der Waals surface area contributed by atoms with Gasteiger partial charge in [-0.05, 0) is 61.5 Å². The Balaban J connectivity index is 0.000000249. The van der Waals surface area contributed by atoms with Crippen molar-refractivity contribution in [2.24, 2.45) is 17.3 Å². The molecule has 0 aliphatic rings. The van der Waals surface area contributed by atoms with Crippen LogP contribution in [0.5, 0.6) is 0 Å². The van der Waals surface area contributed by atoms with Crippen LogP contribution in [-0.4, -0.2) is 20.9 Å². The molecule has 0 aliphatic heterocycles. The van der Waals surface area contributed by atoms with Gasteiger partial charge in [0.2, 0.25) is 0 Å². The number of hydrogen-bond acceptors (Lipinski definition) is 5. The molecule has 0 atom stereocenters. The molecule has 6 aromatic rings. The van der Waals surface area contributed by atoms with E-state index in [0.29, 0.717) is 0 Å². The minimum atomic E-state index is 0. The molecule has 0 aliphatic carbocycles. The van der Waals surface area contributed by atoms with Crippen LogP contribution in [0.4, 0.5) is 0 Å². The molecule has 0 saturated heterocycles. The van der Waals surface area contributed by atoms with Gasteiger partial charge in [-0.25, -0.2) is 4.98 Å². The third-order valence-corrected chi connectivity index (χ3v) is 8.91. The van der Waals surface area contributed by atoms with Gasteiger partial charge >= 0.3 is 0 Å². The number of hydrogen-bond donors (Lipinski definition) is 1. The fourth-order valence-corrected chi connectivity index (χ4v) is 6.54. The summed E-state index contributed by atoms with van der Waals surface area (Å²) < 4.78 is 6.41. The van der Waals surface area contributed by atoms with Crippen molar-refractivity contribution in [3.05, 3.63) is 72.0 Å². The molecule has 239 valence electrons. The SMILES string of the molecule is CCC(CC)C(=O)/C=C(\O)C(CC)CC.Cc1oc2c(CC(C)(C)C)cc3ncnc4c5[c-]c6ccccc6cc5c1c2c34.[Ir]. The molecule has 6 heteroatoms. The van der Waals surface area contributed by atoms with E-state index in [1.165, 1.54) is 22.4 Å². The van der Waals surface area contributed by atoms with Crippen LogP contribution in [0.2, 0.25) is 0 Å². The van der Waals surface area contributed by atoms with Crippen LogP contribution in [0, 0.1) is 30.2 Å². The van der Waals surface area contributed by atoms with Crippen LogP contribution in [-0.2, 0) is 31.3 Å². The Morgan fingerprint density at radius 2 is 1.62 bits per heavy atom. The Kier molecular flexibility index (Phi) is 10.7. The number of ketones is 1. The van der Waals surface area contributed by atoms with Crippen LogP contribution in [0.3, 0.4) is 0 Å². The number of allylic oxidation sites excluding steroid dienone is 2. The summed E-state index contributed by atoms with van der Waals surface area (Å²) in [5.41, 5.74) is 4.29. The molecule has 45 heavy (non-hydrogen) atoms. The molecule has 6 rings (SSSR count). The van der Waals surface area contributed by atoms with E-state index in [1.807, 2.05) is 27.7 Å². The summed E-state index contributed by atoms with van der Waals surface area (Å²) in [6, 6.07) is 16.4. The fourth-order valence-electron chi connectivity index (χ4n) is 6.54.